The molecule has 2 rings (SSSR count). The van der Waals surface area contributed by atoms with Gasteiger partial charge in [-0.05, 0) is 50.4 Å². The van der Waals surface area contributed by atoms with E-state index in [2.05, 4.69) is 10.2 Å². The lowest BCUT2D eigenvalue weighted by Gasteiger charge is -2.32. The number of benzene rings is 1. The second kappa shape index (κ2) is 9.02. The van der Waals surface area contributed by atoms with Gasteiger partial charge >= 0.3 is 0 Å². The summed E-state index contributed by atoms with van der Waals surface area (Å²) in [7, 11) is 0. The number of piperidine rings is 1. The Bertz CT molecular complexity index is 479. The molecule has 124 valence electrons. The van der Waals surface area contributed by atoms with E-state index in [-0.39, 0.29) is 30.5 Å². The van der Waals surface area contributed by atoms with E-state index in [4.69, 9.17) is 5.73 Å². The number of halogens is 3. The van der Waals surface area contributed by atoms with Crippen molar-refractivity contribution in [1.29, 1.82) is 0 Å². The standard InChI is InChI=1S/C15H21F2N3O.ClH/c16-12-6-13(17)8-14(7-12)19-15(21)10-20-5-1-2-11(9-20)3-4-18;/h6-8,11H,1-5,9-10,18H2,(H,19,21);1H. The lowest BCUT2D eigenvalue weighted by molar-refractivity contribution is -0.117. The fourth-order valence-corrected chi connectivity index (χ4v) is 2.80. The van der Waals surface area contributed by atoms with Crippen LogP contribution in [-0.2, 0) is 4.79 Å². The number of carbonyl (C=O) groups is 1. The molecule has 1 amide bonds. The van der Waals surface area contributed by atoms with Crippen LogP contribution in [0.3, 0.4) is 0 Å². The van der Waals surface area contributed by atoms with Gasteiger partial charge in [-0.25, -0.2) is 8.78 Å². The lowest BCUT2D eigenvalue weighted by atomic mass is 9.95. The number of nitrogens with zero attached hydrogens (tertiary/aromatic N) is 1. The molecule has 0 radical (unpaired) electrons. The largest absolute Gasteiger partial charge is 0.330 e. The van der Waals surface area contributed by atoms with E-state index in [0.29, 0.717) is 12.5 Å². The van der Waals surface area contributed by atoms with Crippen molar-refractivity contribution >= 4 is 24.0 Å². The third-order valence-corrected chi connectivity index (χ3v) is 3.69. The highest BCUT2D eigenvalue weighted by molar-refractivity contribution is 5.92. The summed E-state index contributed by atoms with van der Waals surface area (Å²) in [5, 5.41) is 2.53. The third kappa shape index (κ3) is 5.87. The van der Waals surface area contributed by atoms with Crippen LogP contribution in [0, 0.1) is 17.6 Å². The molecule has 1 aromatic rings. The van der Waals surface area contributed by atoms with Crippen LogP contribution in [0.25, 0.3) is 0 Å². The van der Waals surface area contributed by atoms with E-state index < -0.39 is 11.6 Å². The van der Waals surface area contributed by atoms with Crippen molar-refractivity contribution < 1.29 is 13.6 Å². The highest BCUT2D eigenvalue weighted by Gasteiger charge is 2.21. The Morgan fingerprint density at radius 1 is 1.32 bits per heavy atom. The maximum atomic E-state index is 13.1. The van der Waals surface area contributed by atoms with Crippen LogP contribution in [0.1, 0.15) is 19.3 Å². The molecule has 0 aromatic heterocycles. The number of hydrogen-bond donors (Lipinski definition) is 2. The van der Waals surface area contributed by atoms with Gasteiger partial charge in [-0.15, -0.1) is 12.4 Å². The maximum absolute atomic E-state index is 13.1. The Labute approximate surface area is 135 Å². The van der Waals surface area contributed by atoms with Crippen LogP contribution in [0.15, 0.2) is 18.2 Å². The summed E-state index contributed by atoms with van der Waals surface area (Å²) in [5.41, 5.74) is 5.71. The minimum absolute atomic E-state index is 0. The van der Waals surface area contributed by atoms with Gasteiger partial charge < -0.3 is 11.1 Å². The van der Waals surface area contributed by atoms with Crippen molar-refractivity contribution in [2.24, 2.45) is 11.7 Å². The molecule has 1 unspecified atom stereocenters. The molecular formula is C15H22ClF2N3O. The Morgan fingerprint density at radius 2 is 2.00 bits per heavy atom. The fourth-order valence-electron chi connectivity index (χ4n) is 2.80. The van der Waals surface area contributed by atoms with Crippen LogP contribution in [-0.4, -0.2) is 37.0 Å². The van der Waals surface area contributed by atoms with Gasteiger partial charge in [-0.3, -0.25) is 9.69 Å². The first-order valence-corrected chi connectivity index (χ1v) is 7.25. The molecule has 1 heterocycles. The van der Waals surface area contributed by atoms with Crippen LogP contribution in [0.5, 0.6) is 0 Å². The summed E-state index contributed by atoms with van der Waals surface area (Å²) in [6.07, 6.45) is 3.16. The number of amides is 1. The second-order valence-electron chi connectivity index (χ2n) is 5.53. The van der Waals surface area contributed by atoms with Gasteiger partial charge in [0.1, 0.15) is 11.6 Å². The molecule has 1 atom stereocenters. The molecule has 1 saturated heterocycles. The quantitative estimate of drug-likeness (QED) is 0.870. The molecule has 22 heavy (non-hydrogen) atoms. The maximum Gasteiger partial charge on any atom is 0.238 e. The lowest BCUT2D eigenvalue weighted by Crippen LogP contribution is -2.40. The summed E-state index contributed by atoms with van der Waals surface area (Å²) >= 11 is 0. The summed E-state index contributed by atoms with van der Waals surface area (Å²) in [5.74, 6) is -1.13. The van der Waals surface area contributed by atoms with Gasteiger partial charge in [0.05, 0.1) is 6.54 Å². The van der Waals surface area contributed by atoms with Crippen molar-refractivity contribution in [2.45, 2.75) is 19.3 Å². The van der Waals surface area contributed by atoms with Crippen LogP contribution < -0.4 is 11.1 Å². The third-order valence-electron chi connectivity index (χ3n) is 3.69. The molecule has 0 spiro atoms. The summed E-state index contributed by atoms with van der Waals surface area (Å²) < 4.78 is 26.1. The molecule has 1 aliphatic heterocycles. The first-order chi connectivity index (χ1) is 10.1. The second-order valence-corrected chi connectivity index (χ2v) is 5.53. The molecule has 0 bridgehead atoms. The zero-order valence-electron chi connectivity index (χ0n) is 12.4. The SMILES string of the molecule is Cl.NCCC1CCCN(CC(=O)Nc2cc(F)cc(F)c2)C1. The first-order valence-electron chi connectivity index (χ1n) is 7.25. The number of nitrogens with one attached hydrogen (secondary N) is 1. The zero-order chi connectivity index (χ0) is 15.2. The Hall–Kier alpha value is -1.24. The predicted molar refractivity (Wildman–Crippen MR) is 85.1 cm³/mol. The topological polar surface area (TPSA) is 58.4 Å². The van der Waals surface area contributed by atoms with Gasteiger partial charge in [0, 0.05) is 18.3 Å². The normalized spacial score (nSPS) is 18.6. The van der Waals surface area contributed by atoms with Crippen LogP contribution in [0.2, 0.25) is 0 Å². The summed E-state index contributed by atoms with van der Waals surface area (Å²) in [4.78, 5) is 14.0. The highest BCUT2D eigenvalue weighted by atomic mass is 35.5. The monoisotopic (exact) mass is 333 g/mol. The van der Waals surface area contributed by atoms with E-state index in [0.717, 1.165) is 50.6 Å². The highest BCUT2D eigenvalue weighted by Crippen LogP contribution is 2.19. The molecule has 7 heteroatoms. The van der Waals surface area contributed by atoms with E-state index in [9.17, 15) is 13.6 Å². The number of anilines is 1. The molecule has 1 aromatic carbocycles. The zero-order valence-corrected chi connectivity index (χ0v) is 13.2. The summed E-state index contributed by atoms with van der Waals surface area (Å²) in [6, 6.07) is 2.99. The Morgan fingerprint density at radius 3 is 2.64 bits per heavy atom. The molecule has 0 aliphatic carbocycles. The number of rotatable bonds is 5. The average molecular weight is 334 g/mol. The van der Waals surface area contributed by atoms with Crippen molar-refractivity contribution in [3.05, 3.63) is 29.8 Å². The smallest absolute Gasteiger partial charge is 0.238 e. The minimum Gasteiger partial charge on any atom is -0.330 e. The van der Waals surface area contributed by atoms with Crippen molar-refractivity contribution in [3.8, 4) is 0 Å². The fraction of sp³-hybridized carbons (Fsp3) is 0.533. The van der Waals surface area contributed by atoms with E-state index in [1.165, 1.54) is 0 Å². The van der Waals surface area contributed by atoms with Gasteiger partial charge in [0.15, 0.2) is 0 Å². The number of nitrogens with two attached hydrogens (primary N) is 1. The minimum atomic E-state index is -0.703. The van der Waals surface area contributed by atoms with E-state index in [1.54, 1.807) is 0 Å². The molecule has 1 fully saturated rings. The van der Waals surface area contributed by atoms with Crippen molar-refractivity contribution in [3.63, 3.8) is 0 Å². The first kappa shape index (κ1) is 18.8. The van der Waals surface area contributed by atoms with Crippen molar-refractivity contribution in [1.82, 2.24) is 4.90 Å². The van der Waals surface area contributed by atoms with E-state index >= 15 is 0 Å². The Balaban J connectivity index is 0.00000242. The molecule has 4 nitrogen and oxygen atoms in total. The van der Waals surface area contributed by atoms with Crippen LogP contribution in [0.4, 0.5) is 14.5 Å². The van der Waals surface area contributed by atoms with E-state index in [1.807, 2.05) is 0 Å². The van der Waals surface area contributed by atoms with Gasteiger partial charge in [0.25, 0.3) is 0 Å². The molecule has 3 N–H and O–H groups in total. The average Bonchev–Trinajstić information content (AvgIpc) is 2.37. The molecule has 1 aliphatic rings. The number of carbonyl (C=O) groups excluding carboxylic acids is 1. The Kier molecular flexibility index (Phi) is 7.72. The van der Waals surface area contributed by atoms with Crippen LogP contribution >= 0.6 is 12.4 Å². The van der Waals surface area contributed by atoms with Gasteiger partial charge in [0.2, 0.25) is 5.91 Å². The van der Waals surface area contributed by atoms with Gasteiger partial charge in [-0.2, -0.15) is 0 Å². The van der Waals surface area contributed by atoms with Crippen molar-refractivity contribution in [2.75, 3.05) is 31.5 Å². The molecular weight excluding hydrogens is 312 g/mol. The number of likely N-dealkylation sites (tertiary alicyclic amines) is 1. The number of hydrogen-bond acceptors (Lipinski definition) is 3. The molecule has 0 saturated carbocycles. The summed E-state index contributed by atoms with van der Waals surface area (Å²) in [6.45, 7) is 2.61. The predicted octanol–water partition coefficient (Wildman–Crippen LogP) is 2.39. The van der Waals surface area contributed by atoms with Gasteiger partial charge in [-0.1, -0.05) is 0 Å².